The first-order valence-electron chi connectivity index (χ1n) is 5.97. The smallest absolute Gasteiger partial charge is 0.417 e. The van der Waals surface area contributed by atoms with Crippen LogP contribution in [0.4, 0.5) is 18.9 Å². The van der Waals surface area contributed by atoms with Gasteiger partial charge in [0, 0.05) is 0 Å². The van der Waals surface area contributed by atoms with E-state index in [0.717, 1.165) is 17.7 Å². The second-order valence-corrected chi connectivity index (χ2v) is 4.41. The molecule has 0 radical (unpaired) electrons. The van der Waals surface area contributed by atoms with Gasteiger partial charge in [0.2, 0.25) is 0 Å². The molecule has 0 aliphatic heterocycles. The molecule has 0 spiro atoms. The second-order valence-electron chi connectivity index (χ2n) is 4.41. The van der Waals surface area contributed by atoms with Crippen molar-refractivity contribution in [1.29, 1.82) is 5.26 Å². The molecule has 2 N–H and O–H groups in total. The third-order valence-corrected chi connectivity index (χ3v) is 2.93. The van der Waals surface area contributed by atoms with E-state index in [0.29, 0.717) is 5.69 Å². The molecule has 0 aliphatic rings. The molecule has 108 valence electrons. The Morgan fingerprint density at radius 1 is 1.19 bits per heavy atom. The molecule has 0 saturated heterocycles. The normalized spacial score (nSPS) is 11.0. The van der Waals surface area contributed by atoms with E-state index in [2.05, 4.69) is 0 Å². The highest BCUT2D eigenvalue weighted by Gasteiger charge is 2.34. The third kappa shape index (κ3) is 3.08. The molecule has 0 fully saturated rings. The van der Waals surface area contributed by atoms with Gasteiger partial charge in [-0.3, -0.25) is 0 Å². The van der Waals surface area contributed by atoms with Crippen LogP contribution in [0, 0.1) is 18.3 Å². The van der Waals surface area contributed by atoms with Crippen LogP contribution in [0.25, 0.3) is 0 Å². The van der Waals surface area contributed by atoms with Crippen molar-refractivity contribution in [2.45, 2.75) is 13.1 Å². The minimum Gasteiger partial charge on any atom is -0.455 e. The number of halogens is 3. The number of anilines is 1. The standard InChI is InChI=1S/C15H11F3N2O/c1-9-3-2-4-13(14(9)20)21-11-6-5-10(8-19)12(7-11)15(16,17)18/h2-7H,20H2,1H3. The molecule has 21 heavy (non-hydrogen) atoms. The van der Waals surface area contributed by atoms with Gasteiger partial charge in [0.05, 0.1) is 22.9 Å². The van der Waals surface area contributed by atoms with Crippen LogP contribution in [0.15, 0.2) is 36.4 Å². The molecule has 0 unspecified atom stereocenters. The number of nitrogens with zero attached hydrogens (tertiary/aromatic N) is 1. The largest absolute Gasteiger partial charge is 0.455 e. The van der Waals surface area contributed by atoms with Crippen molar-refractivity contribution in [3.05, 3.63) is 53.1 Å². The summed E-state index contributed by atoms with van der Waals surface area (Å²) < 4.78 is 44.0. The van der Waals surface area contributed by atoms with Gasteiger partial charge in [-0.1, -0.05) is 12.1 Å². The number of hydrogen-bond donors (Lipinski definition) is 1. The molecule has 6 heteroatoms. The molecule has 2 aromatic carbocycles. The number of hydrogen-bond acceptors (Lipinski definition) is 3. The van der Waals surface area contributed by atoms with Gasteiger partial charge < -0.3 is 10.5 Å². The lowest BCUT2D eigenvalue weighted by Gasteiger charge is -2.13. The number of nitrogens with two attached hydrogens (primary N) is 1. The first-order valence-corrected chi connectivity index (χ1v) is 5.97. The Kier molecular flexibility index (Phi) is 3.76. The number of ether oxygens (including phenoxy) is 1. The minimum atomic E-state index is -4.62. The lowest BCUT2D eigenvalue weighted by atomic mass is 10.1. The molecule has 0 aromatic heterocycles. The Morgan fingerprint density at radius 3 is 2.52 bits per heavy atom. The van der Waals surface area contributed by atoms with Crippen molar-refractivity contribution in [3.63, 3.8) is 0 Å². The fraction of sp³-hybridized carbons (Fsp3) is 0.133. The summed E-state index contributed by atoms with van der Waals surface area (Å²) >= 11 is 0. The Balaban J connectivity index is 2.43. The predicted molar refractivity (Wildman–Crippen MR) is 71.8 cm³/mol. The lowest BCUT2D eigenvalue weighted by molar-refractivity contribution is -0.137. The van der Waals surface area contributed by atoms with Gasteiger partial charge in [0.25, 0.3) is 0 Å². The Bertz CT molecular complexity index is 718. The van der Waals surface area contributed by atoms with E-state index in [1.165, 1.54) is 12.1 Å². The van der Waals surface area contributed by atoms with Crippen molar-refractivity contribution in [1.82, 2.24) is 0 Å². The summed E-state index contributed by atoms with van der Waals surface area (Å²) in [6.07, 6.45) is -4.62. The molecule has 0 atom stereocenters. The maximum Gasteiger partial charge on any atom is 0.417 e. The zero-order valence-electron chi connectivity index (χ0n) is 11.0. The van der Waals surface area contributed by atoms with Crippen molar-refractivity contribution in [2.75, 3.05) is 5.73 Å². The van der Waals surface area contributed by atoms with Crippen LogP contribution in [0.5, 0.6) is 11.5 Å². The number of nitriles is 1. The van der Waals surface area contributed by atoms with E-state index in [-0.39, 0.29) is 11.5 Å². The number of aryl methyl sites for hydroxylation is 1. The highest BCUT2D eigenvalue weighted by Crippen LogP contribution is 2.36. The number of nitrogen functional groups attached to an aromatic ring is 1. The van der Waals surface area contributed by atoms with E-state index < -0.39 is 17.3 Å². The summed E-state index contributed by atoms with van der Waals surface area (Å²) in [4.78, 5) is 0. The molecule has 0 heterocycles. The van der Waals surface area contributed by atoms with Gasteiger partial charge in [-0.15, -0.1) is 0 Å². The van der Waals surface area contributed by atoms with E-state index >= 15 is 0 Å². The van der Waals surface area contributed by atoms with Gasteiger partial charge in [0.15, 0.2) is 5.75 Å². The highest BCUT2D eigenvalue weighted by molar-refractivity contribution is 5.59. The van der Waals surface area contributed by atoms with Crippen LogP contribution in [-0.2, 0) is 6.18 Å². The molecular formula is C15H11F3N2O. The Morgan fingerprint density at radius 2 is 1.90 bits per heavy atom. The average molecular weight is 292 g/mol. The zero-order chi connectivity index (χ0) is 15.6. The molecule has 3 nitrogen and oxygen atoms in total. The quantitative estimate of drug-likeness (QED) is 0.841. The molecule has 0 aliphatic carbocycles. The zero-order valence-corrected chi connectivity index (χ0v) is 11.0. The Hall–Kier alpha value is -2.68. The van der Waals surface area contributed by atoms with E-state index in [1.807, 2.05) is 0 Å². The molecule has 0 bridgehead atoms. The second kappa shape index (κ2) is 5.37. The fourth-order valence-corrected chi connectivity index (χ4v) is 1.79. The number of alkyl halides is 3. The van der Waals surface area contributed by atoms with Crippen molar-refractivity contribution in [3.8, 4) is 17.6 Å². The van der Waals surface area contributed by atoms with Crippen molar-refractivity contribution < 1.29 is 17.9 Å². The molecule has 0 amide bonds. The summed E-state index contributed by atoms with van der Waals surface area (Å²) in [6, 6.07) is 9.70. The van der Waals surface area contributed by atoms with Gasteiger partial charge in [-0.2, -0.15) is 18.4 Å². The summed E-state index contributed by atoms with van der Waals surface area (Å²) in [7, 11) is 0. The number of rotatable bonds is 2. The number of benzene rings is 2. The summed E-state index contributed by atoms with van der Waals surface area (Å²) in [5.41, 5.74) is 5.44. The van der Waals surface area contributed by atoms with Crippen LogP contribution >= 0.6 is 0 Å². The average Bonchev–Trinajstić information content (AvgIpc) is 2.43. The van der Waals surface area contributed by atoms with Crippen LogP contribution < -0.4 is 10.5 Å². The molecule has 0 saturated carbocycles. The van der Waals surface area contributed by atoms with Crippen molar-refractivity contribution in [2.24, 2.45) is 0 Å². The van der Waals surface area contributed by atoms with Gasteiger partial charge in [-0.25, -0.2) is 0 Å². The fourth-order valence-electron chi connectivity index (χ4n) is 1.79. The predicted octanol–water partition coefficient (Wildman–Crippen LogP) is 4.26. The third-order valence-electron chi connectivity index (χ3n) is 2.93. The van der Waals surface area contributed by atoms with Crippen molar-refractivity contribution >= 4 is 5.69 Å². The summed E-state index contributed by atoms with van der Waals surface area (Å²) in [6.45, 7) is 1.77. The monoisotopic (exact) mass is 292 g/mol. The van der Waals surface area contributed by atoms with Gasteiger partial charge in [0.1, 0.15) is 5.75 Å². The van der Waals surface area contributed by atoms with Gasteiger partial charge >= 0.3 is 6.18 Å². The van der Waals surface area contributed by atoms with E-state index in [1.54, 1.807) is 25.1 Å². The molecule has 2 aromatic rings. The minimum absolute atomic E-state index is 0.0291. The van der Waals surface area contributed by atoms with E-state index in [9.17, 15) is 13.2 Å². The van der Waals surface area contributed by atoms with Crippen LogP contribution in [0.3, 0.4) is 0 Å². The first-order chi connectivity index (χ1) is 9.82. The van der Waals surface area contributed by atoms with Gasteiger partial charge in [-0.05, 0) is 36.8 Å². The SMILES string of the molecule is Cc1cccc(Oc2ccc(C#N)c(C(F)(F)F)c2)c1N. The Labute approximate surface area is 119 Å². The summed E-state index contributed by atoms with van der Waals surface area (Å²) in [5.74, 6) is 0.242. The maximum atomic E-state index is 12.9. The molecule has 2 rings (SSSR count). The van der Waals surface area contributed by atoms with E-state index in [4.69, 9.17) is 15.7 Å². The van der Waals surface area contributed by atoms with Crippen LogP contribution in [0.2, 0.25) is 0 Å². The summed E-state index contributed by atoms with van der Waals surface area (Å²) in [5, 5.41) is 8.73. The molecular weight excluding hydrogens is 281 g/mol. The van der Waals surface area contributed by atoms with Crippen LogP contribution in [0.1, 0.15) is 16.7 Å². The lowest BCUT2D eigenvalue weighted by Crippen LogP contribution is -2.08. The van der Waals surface area contributed by atoms with Crippen LogP contribution in [-0.4, -0.2) is 0 Å². The first kappa shape index (κ1) is 14.7. The topological polar surface area (TPSA) is 59.0 Å². The maximum absolute atomic E-state index is 12.9. The number of para-hydroxylation sites is 1. The highest BCUT2D eigenvalue weighted by atomic mass is 19.4.